The molecule has 23 heavy (non-hydrogen) atoms. The summed E-state index contributed by atoms with van der Waals surface area (Å²) in [6.45, 7) is 3.49. The summed E-state index contributed by atoms with van der Waals surface area (Å²) in [7, 11) is -3.48. The van der Waals surface area contributed by atoms with Crippen LogP contribution >= 0.6 is 15.9 Å². The van der Waals surface area contributed by atoms with Gasteiger partial charge in [0, 0.05) is 11.0 Å². The van der Waals surface area contributed by atoms with E-state index in [0.29, 0.717) is 11.4 Å². The minimum atomic E-state index is -3.48. The van der Waals surface area contributed by atoms with Crippen molar-refractivity contribution in [2.75, 3.05) is 13.1 Å². The van der Waals surface area contributed by atoms with Crippen molar-refractivity contribution in [1.82, 2.24) is 10.0 Å². The van der Waals surface area contributed by atoms with Gasteiger partial charge < -0.3 is 5.32 Å². The summed E-state index contributed by atoms with van der Waals surface area (Å²) in [5.74, 6) is 0. The van der Waals surface area contributed by atoms with Gasteiger partial charge >= 0.3 is 0 Å². The van der Waals surface area contributed by atoms with Gasteiger partial charge in [-0.05, 0) is 42.7 Å². The van der Waals surface area contributed by atoms with Gasteiger partial charge in [-0.25, -0.2) is 13.1 Å². The Morgan fingerprint density at radius 3 is 2.65 bits per heavy atom. The first-order chi connectivity index (χ1) is 11.0. The van der Waals surface area contributed by atoms with Crippen molar-refractivity contribution >= 4 is 30.9 Å². The molecule has 1 aromatic carbocycles. The molecule has 6 heteroatoms. The molecule has 1 fully saturated rings. The van der Waals surface area contributed by atoms with E-state index in [1.54, 1.807) is 0 Å². The molecule has 0 bridgehead atoms. The van der Waals surface area contributed by atoms with E-state index < -0.39 is 15.6 Å². The summed E-state index contributed by atoms with van der Waals surface area (Å²) in [5, 5.41) is 3.34. The highest BCUT2D eigenvalue weighted by Gasteiger charge is 2.48. The lowest BCUT2D eigenvalue weighted by molar-refractivity contribution is 0.315. The molecule has 0 atom stereocenters. The number of benzene rings is 1. The summed E-state index contributed by atoms with van der Waals surface area (Å²) >= 11 is 3.45. The van der Waals surface area contributed by atoms with Crippen LogP contribution in [0.2, 0.25) is 0 Å². The molecule has 1 spiro atoms. The minimum absolute atomic E-state index is 0.392. The average molecular weight is 399 g/mol. The predicted octanol–water partition coefficient (Wildman–Crippen LogP) is 3.41. The van der Waals surface area contributed by atoms with Crippen LogP contribution in [0.4, 0.5) is 0 Å². The lowest BCUT2D eigenvalue weighted by atomic mass is 9.76. The highest BCUT2D eigenvalue weighted by atomic mass is 79.9. The molecule has 1 aliphatic heterocycles. The maximum absolute atomic E-state index is 12.9. The van der Waals surface area contributed by atoms with Crippen molar-refractivity contribution in [3.05, 3.63) is 39.9 Å². The van der Waals surface area contributed by atoms with Crippen LogP contribution in [-0.2, 0) is 10.0 Å². The van der Waals surface area contributed by atoms with E-state index in [2.05, 4.69) is 26.0 Å². The second kappa shape index (κ2) is 6.67. The van der Waals surface area contributed by atoms with Gasteiger partial charge in [-0.1, -0.05) is 54.2 Å². The fourth-order valence-corrected chi connectivity index (χ4v) is 6.14. The van der Waals surface area contributed by atoms with Crippen molar-refractivity contribution in [2.45, 2.75) is 44.6 Å². The maximum atomic E-state index is 12.9. The molecule has 0 unspecified atom stereocenters. The van der Waals surface area contributed by atoms with E-state index in [1.165, 1.54) is 6.42 Å². The van der Waals surface area contributed by atoms with E-state index >= 15 is 0 Å². The molecule has 0 aromatic heterocycles. The molecule has 126 valence electrons. The third-order valence-corrected chi connectivity index (χ3v) is 6.97. The van der Waals surface area contributed by atoms with E-state index in [1.807, 2.05) is 31.2 Å². The maximum Gasteiger partial charge on any atom is 0.242 e. The standard InChI is InChI=1S/C17H23BrN2O2S/c1-2-19-12-15-16(13-7-6-8-14(18)11-13)23(21,22)20-17(15)9-4-3-5-10-17/h6-8,11,19-20H,2-5,9-10,12H2,1H3. The zero-order chi connectivity index (χ0) is 16.5. The van der Waals surface area contributed by atoms with Crippen molar-refractivity contribution in [3.8, 4) is 0 Å². The predicted molar refractivity (Wildman–Crippen MR) is 97.5 cm³/mol. The molecule has 1 aliphatic carbocycles. The average Bonchev–Trinajstić information content (AvgIpc) is 2.72. The zero-order valence-corrected chi connectivity index (χ0v) is 15.8. The molecule has 4 nitrogen and oxygen atoms in total. The fourth-order valence-electron chi connectivity index (χ4n) is 3.77. The highest BCUT2D eigenvalue weighted by Crippen LogP contribution is 2.45. The molecule has 2 aliphatic rings. The van der Waals surface area contributed by atoms with E-state index in [-0.39, 0.29) is 0 Å². The Labute approximate surface area is 146 Å². The molecule has 1 saturated carbocycles. The highest BCUT2D eigenvalue weighted by molar-refractivity contribution is 9.10. The number of rotatable bonds is 4. The molecular formula is C17H23BrN2O2S. The van der Waals surface area contributed by atoms with Gasteiger partial charge in [0.25, 0.3) is 0 Å². The second-order valence-corrected chi connectivity index (χ2v) is 8.88. The SMILES string of the molecule is CCNCC1=C(c2cccc(Br)c2)S(=O)(=O)NC12CCCCC2. The van der Waals surface area contributed by atoms with E-state index in [4.69, 9.17) is 0 Å². The van der Waals surface area contributed by atoms with Crippen LogP contribution in [0.15, 0.2) is 34.3 Å². The van der Waals surface area contributed by atoms with Crippen LogP contribution in [0.25, 0.3) is 4.91 Å². The molecular weight excluding hydrogens is 376 g/mol. The summed E-state index contributed by atoms with van der Waals surface area (Å²) in [5.41, 5.74) is 1.39. The number of halogens is 1. The van der Waals surface area contributed by atoms with Gasteiger partial charge in [-0.2, -0.15) is 0 Å². The zero-order valence-electron chi connectivity index (χ0n) is 13.4. The van der Waals surface area contributed by atoms with Crippen LogP contribution in [0.5, 0.6) is 0 Å². The third-order valence-electron chi connectivity index (χ3n) is 4.80. The smallest absolute Gasteiger partial charge is 0.242 e. The fraction of sp³-hybridized carbons (Fsp3) is 0.529. The first-order valence-corrected chi connectivity index (χ1v) is 10.5. The number of hydrogen-bond acceptors (Lipinski definition) is 3. The first kappa shape index (κ1) is 17.1. The summed E-state index contributed by atoms with van der Waals surface area (Å²) in [6.07, 6.45) is 5.12. The minimum Gasteiger partial charge on any atom is -0.313 e. The number of nitrogens with one attached hydrogen (secondary N) is 2. The summed E-state index contributed by atoms with van der Waals surface area (Å²) < 4.78 is 29.7. The quantitative estimate of drug-likeness (QED) is 0.816. The normalized spacial score (nSPS) is 22.7. The Balaban J connectivity index is 2.16. The van der Waals surface area contributed by atoms with Crippen LogP contribution in [0.1, 0.15) is 44.6 Å². The summed E-state index contributed by atoms with van der Waals surface area (Å²) in [4.78, 5) is 0.474. The molecule has 0 saturated heterocycles. The van der Waals surface area contributed by atoms with E-state index in [9.17, 15) is 8.42 Å². The van der Waals surface area contributed by atoms with Gasteiger partial charge in [0.05, 0.1) is 10.4 Å². The van der Waals surface area contributed by atoms with Gasteiger partial charge in [-0.3, -0.25) is 0 Å². The Morgan fingerprint density at radius 2 is 2.00 bits per heavy atom. The lowest BCUT2D eigenvalue weighted by Gasteiger charge is -2.35. The number of likely N-dealkylation sites (N-methyl/N-ethyl adjacent to an activating group) is 1. The molecule has 1 heterocycles. The number of sulfonamides is 1. The molecule has 2 N–H and O–H groups in total. The van der Waals surface area contributed by atoms with Gasteiger partial charge in [0.1, 0.15) is 0 Å². The molecule has 0 amide bonds. The van der Waals surface area contributed by atoms with Crippen LogP contribution in [0.3, 0.4) is 0 Å². The van der Waals surface area contributed by atoms with Crippen molar-refractivity contribution in [2.24, 2.45) is 0 Å². The first-order valence-electron chi connectivity index (χ1n) is 8.23. The number of hydrogen-bond donors (Lipinski definition) is 2. The van der Waals surface area contributed by atoms with Crippen molar-refractivity contribution < 1.29 is 8.42 Å². The topological polar surface area (TPSA) is 58.2 Å². The van der Waals surface area contributed by atoms with Gasteiger partial charge in [-0.15, -0.1) is 0 Å². The Bertz CT molecular complexity index is 722. The third kappa shape index (κ3) is 3.27. The molecule has 3 rings (SSSR count). The lowest BCUT2D eigenvalue weighted by Crippen LogP contribution is -2.47. The Kier molecular flexibility index (Phi) is 4.97. The van der Waals surface area contributed by atoms with Crippen molar-refractivity contribution in [1.29, 1.82) is 0 Å². The molecule has 1 aromatic rings. The Morgan fingerprint density at radius 1 is 1.26 bits per heavy atom. The van der Waals surface area contributed by atoms with Crippen LogP contribution in [-0.4, -0.2) is 27.0 Å². The largest absolute Gasteiger partial charge is 0.313 e. The van der Waals surface area contributed by atoms with Gasteiger partial charge in [0.2, 0.25) is 10.0 Å². The van der Waals surface area contributed by atoms with Crippen molar-refractivity contribution in [3.63, 3.8) is 0 Å². The van der Waals surface area contributed by atoms with Crippen LogP contribution < -0.4 is 10.0 Å². The van der Waals surface area contributed by atoms with Gasteiger partial charge in [0.15, 0.2) is 0 Å². The van der Waals surface area contributed by atoms with E-state index in [0.717, 1.165) is 47.8 Å². The van der Waals surface area contributed by atoms with Crippen LogP contribution in [0, 0.1) is 0 Å². The summed E-state index contributed by atoms with van der Waals surface area (Å²) in [6, 6.07) is 7.58. The Hall–Kier alpha value is -0.690. The second-order valence-electron chi connectivity index (χ2n) is 6.35. The monoisotopic (exact) mass is 398 g/mol. The molecule has 0 radical (unpaired) electrons.